The molecule has 0 saturated carbocycles. The topological polar surface area (TPSA) is 34.1 Å². The van der Waals surface area contributed by atoms with Crippen molar-refractivity contribution in [2.24, 2.45) is 5.92 Å². The van der Waals surface area contributed by atoms with E-state index in [4.69, 9.17) is 4.74 Å². The molecule has 1 aliphatic heterocycles. The summed E-state index contributed by atoms with van der Waals surface area (Å²) < 4.78 is 5.97. The van der Waals surface area contributed by atoms with E-state index in [1.165, 1.54) is 18.4 Å². The molecular weight excluding hydrogens is 224 g/mol. The molecule has 2 heterocycles. The lowest BCUT2D eigenvalue weighted by Gasteiger charge is -2.32. The highest BCUT2D eigenvalue weighted by Gasteiger charge is 2.27. The second kappa shape index (κ2) is 6.30. The van der Waals surface area contributed by atoms with Crippen LogP contribution in [0.25, 0.3) is 0 Å². The Bertz CT molecular complexity index is 361. The van der Waals surface area contributed by atoms with Crippen LogP contribution in [0.4, 0.5) is 0 Å². The molecule has 100 valence electrons. The van der Waals surface area contributed by atoms with Gasteiger partial charge in [0, 0.05) is 37.0 Å². The van der Waals surface area contributed by atoms with E-state index in [-0.39, 0.29) is 6.10 Å². The highest BCUT2D eigenvalue weighted by Crippen LogP contribution is 2.32. The molecule has 1 aromatic heterocycles. The largest absolute Gasteiger partial charge is 0.373 e. The third-order valence-electron chi connectivity index (χ3n) is 3.50. The fraction of sp³-hybridized carbons (Fsp3) is 0.667. The smallest absolute Gasteiger partial charge is 0.0880 e. The van der Waals surface area contributed by atoms with Crippen LogP contribution in [0.1, 0.15) is 44.1 Å². The van der Waals surface area contributed by atoms with Crippen LogP contribution in [0.5, 0.6) is 0 Å². The molecule has 0 aromatic carbocycles. The van der Waals surface area contributed by atoms with Crippen molar-refractivity contribution in [3.8, 4) is 0 Å². The van der Waals surface area contributed by atoms with Crippen LogP contribution in [0.15, 0.2) is 18.3 Å². The van der Waals surface area contributed by atoms with Crippen molar-refractivity contribution >= 4 is 0 Å². The normalized spacial score (nSPS) is 24.4. The number of aryl methyl sites for hydroxylation is 1. The molecule has 2 rings (SSSR count). The summed E-state index contributed by atoms with van der Waals surface area (Å²) in [6, 6.07) is 4.75. The summed E-state index contributed by atoms with van der Waals surface area (Å²) in [6.45, 7) is 8.29. The minimum Gasteiger partial charge on any atom is -0.373 e. The Labute approximate surface area is 110 Å². The number of rotatable bonds is 4. The molecule has 2 atom stereocenters. The van der Waals surface area contributed by atoms with Crippen molar-refractivity contribution in [1.82, 2.24) is 10.3 Å². The summed E-state index contributed by atoms with van der Waals surface area (Å²) >= 11 is 0. The van der Waals surface area contributed by atoms with Gasteiger partial charge >= 0.3 is 0 Å². The summed E-state index contributed by atoms with van der Waals surface area (Å²) in [4.78, 5) is 4.38. The van der Waals surface area contributed by atoms with Gasteiger partial charge in [-0.25, -0.2) is 0 Å². The predicted octanol–water partition coefficient (Wildman–Crippen LogP) is 2.86. The quantitative estimate of drug-likeness (QED) is 0.889. The lowest BCUT2D eigenvalue weighted by molar-refractivity contribution is -0.0284. The Morgan fingerprint density at radius 2 is 2.28 bits per heavy atom. The zero-order valence-corrected chi connectivity index (χ0v) is 11.6. The van der Waals surface area contributed by atoms with E-state index in [0.717, 1.165) is 18.8 Å². The molecular formula is C15H24N2O. The van der Waals surface area contributed by atoms with Crippen LogP contribution in [0.2, 0.25) is 0 Å². The molecule has 0 radical (unpaired) electrons. The van der Waals surface area contributed by atoms with Crippen molar-refractivity contribution in [2.45, 2.75) is 45.8 Å². The number of nitrogens with one attached hydrogen (secondary N) is 1. The molecule has 0 aliphatic carbocycles. The average Bonchev–Trinajstić information content (AvgIpc) is 2.38. The zero-order chi connectivity index (χ0) is 13.0. The Kier molecular flexibility index (Phi) is 4.72. The van der Waals surface area contributed by atoms with Crippen molar-refractivity contribution in [3.05, 3.63) is 29.6 Å². The minimum absolute atomic E-state index is 0.207. The second-order valence-electron chi connectivity index (χ2n) is 5.49. The molecule has 18 heavy (non-hydrogen) atoms. The highest BCUT2D eigenvalue weighted by atomic mass is 16.5. The first kappa shape index (κ1) is 13.5. The molecule has 1 fully saturated rings. The Morgan fingerprint density at radius 1 is 1.44 bits per heavy atom. The van der Waals surface area contributed by atoms with E-state index in [0.29, 0.717) is 12.0 Å². The maximum Gasteiger partial charge on any atom is 0.0880 e. The van der Waals surface area contributed by atoms with Crippen LogP contribution in [-0.2, 0) is 4.74 Å². The monoisotopic (exact) mass is 248 g/mol. The summed E-state index contributed by atoms with van der Waals surface area (Å²) in [7, 11) is 0. The Morgan fingerprint density at radius 3 is 2.94 bits per heavy atom. The van der Waals surface area contributed by atoms with Crippen LogP contribution in [0, 0.1) is 12.8 Å². The van der Waals surface area contributed by atoms with Crippen LogP contribution in [-0.4, -0.2) is 24.2 Å². The molecule has 0 spiro atoms. The summed E-state index contributed by atoms with van der Waals surface area (Å²) in [6.07, 6.45) is 4.57. The van der Waals surface area contributed by atoms with Gasteiger partial charge in [0.25, 0.3) is 0 Å². The molecule has 3 heteroatoms. The van der Waals surface area contributed by atoms with E-state index in [1.54, 1.807) is 0 Å². The maximum absolute atomic E-state index is 5.97. The lowest BCUT2D eigenvalue weighted by Crippen LogP contribution is -2.35. The molecule has 3 nitrogen and oxygen atoms in total. The minimum atomic E-state index is 0.207. The Hall–Kier alpha value is -0.930. The lowest BCUT2D eigenvalue weighted by atomic mass is 9.90. The van der Waals surface area contributed by atoms with Gasteiger partial charge in [0.1, 0.15) is 0 Å². The van der Waals surface area contributed by atoms with Gasteiger partial charge in [0.05, 0.1) is 6.10 Å². The molecule has 1 saturated heterocycles. The number of aromatic nitrogens is 1. The van der Waals surface area contributed by atoms with Crippen LogP contribution < -0.4 is 5.32 Å². The van der Waals surface area contributed by atoms with E-state index < -0.39 is 0 Å². The SMILES string of the molecule is Cc1ccc(C2OCCCC2CNC(C)C)cn1. The number of hydrogen-bond donors (Lipinski definition) is 1. The van der Waals surface area contributed by atoms with Crippen molar-refractivity contribution in [3.63, 3.8) is 0 Å². The third-order valence-corrected chi connectivity index (χ3v) is 3.50. The van der Waals surface area contributed by atoms with E-state index in [1.807, 2.05) is 13.1 Å². The molecule has 2 unspecified atom stereocenters. The first-order valence-corrected chi connectivity index (χ1v) is 6.94. The predicted molar refractivity (Wildman–Crippen MR) is 73.5 cm³/mol. The molecule has 1 aliphatic rings. The molecule has 1 N–H and O–H groups in total. The second-order valence-corrected chi connectivity index (χ2v) is 5.49. The fourth-order valence-electron chi connectivity index (χ4n) is 2.46. The van der Waals surface area contributed by atoms with Crippen LogP contribution >= 0.6 is 0 Å². The first-order valence-electron chi connectivity index (χ1n) is 6.94. The third kappa shape index (κ3) is 3.53. The van der Waals surface area contributed by atoms with Gasteiger partial charge in [-0.2, -0.15) is 0 Å². The molecule has 0 bridgehead atoms. The Balaban J connectivity index is 2.05. The number of nitrogens with zero attached hydrogens (tertiary/aromatic N) is 1. The summed E-state index contributed by atoms with van der Waals surface area (Å²) in [5, 5.41) is 3.53. The fourth-order valence-corrected chi connectivity index (χ4v) is 2.46. The van der Waals surface area contributed by atoms with E-state index in [9.17, 15) is 0 Å². The molecule has 0 amide bonds. The zero-order valence-electron chi connectivity index (χ0n) is 11.6. The van der Waals surface area contributed by atoms with Gasteiger partial charge in [-0.05, 0) is 31.4 Å². The van der Waals surface area contributed by atoms with Crippen molar-refractivity contribution < 1.29 is 4.74 Å². The number of pyridine rings is 1. The number of hydrogen-bond acceptors (Lipinski definition) is 3. The first-order chi connectivity index (χ1) is 8.66. The van der Waals surface area contributed by atoms with Gasteiger partial charge in [-0.1, -0.05) is 19.9 Å². The van der Waals surface area contributed by atoms with Crippen molar-refractivity contribution in [1.29, 1.82) is 0 Å². The number of ether oxygens (including phenoxy) is 1. The molecule has 1 aromatic rings. The van der Waals surface area contributed by atoms with Gasteiger partial charge in [0.2, 0.25) is 0 Å². The van der Waals surface area contributed by atoms with Gasteiger partial charge in [-0.3, -0.25) is 4.98 Å². The highest BCUT2D eigenvalue weighted by molar-refractivity contribution is 5.17. The maximum atomic E-state index is 5.97. The summed E-state index contributed by atoms with van der Waals surface area (Å²) in [5.41, 5.74) is 2.28. The van der Waals surface area contributed by atoms with Crippen molar-refractivity contribution in [2.75, 3.05) is 13.2 Å². The van der Waals surface area contributed by atoms with Crippen LogP contribution in [0.3, 0.4) is 0 Å². The standard InChI is InChI=1S/C15H24N2O/c1-11(2)16-9-13-5-4-8-18-15(13)14-7-6-12(3)17-10-14/h6-7,10-11,13,15-16H,4-5,8-9H2,1-3H3. The van der Waals surface area contributed by atoms with E-state index >= 15 is 0 Å². The van der Waals surface area contributed by atoms with E-state index in [2.05, 4.69) is 36.3 Å². The van der Waals surface area contributed by atoms with Gasteiger partial charge in [0.15, 0.2) is 0 Å². The van der Waals surface area contributed by atoms with Gasteiger partial charge < -0.3 is 10.1 Å². The summed E-state index contributed by atoms with van der Waals surface area (Å²) in [5.74, 6) is 0.561. The average molecular weight is 248 g/mol. The van der Waals surface area contributed by atoms with Gasteiger partial charge in [-0.15, -0.1) is 0 Å².